The largest absolute Gasteiger partial charge is 0.480 e. The molecule has 2 amide bonds. The van der Waals surface area contributed by atoms with E-state index in [2.05, 4.69) is 6.58 Å². The zero-order valence-electron chi connectivity index (χ0n) is 12.2. The molecule has 0 radical (unpaired) electrons. The van der Waals surface area contributed by atoms with Crippen LogP contribution in [0.15, 0.2) is 36.9 Å². The van der Waals surface area contributed by atoms with Crippen molar-refractivity contribution in [1.29, 1.82) is 0 Å². The predicted molar refractivity (Wildman–Crippen MR) is 81.5 cm³/mol. The van der Waals surface area contributed by atoms with Crippen molar-refractivity contribution in [2.75, 3.05) is 18.0 Å². The monoisotopic (exact) mass is 288 g/mol. The second kappa shape index (κ2) is 6.43. The number of benzene rings is 1. The third kappa shape index (κ3) is 2.91. The van der Waals surface area contributed by atoms with Crippen LogP contribution in [0, 0.1) is 0 Å². The number of rotatable bonds is 5. The molecule has 0 saturated carbocycles. The molecule has 0 bridgehead atoms. The van der Waals surface area contributed by atoms with Gasteiger partial charge in [-0.25, -0.2) is 9.59 Å². The summed E-state index contributed by atoms with van der Waals surface area (Å²) in [6, 6.07) is 6.25. The second-order valence-corrected chi connectivity index (χ2v) is 5.07. The number of hydrogen-bond acceptors (Lipinski definition) is 2. The molecule has 21 heavy (non-hydrogen) atoms. The lowest BCUT2D eigenvalue weighted by atomic mass is 10.1. The SMILES string of the molecule is C=CCN(CCC)C(=O)N1c2ccccc2CC1C(=O)O. The van der Waals surface area contributed by atoms with Crippen LogP contribution in [-0.4, -0.2) is 41.1 Å². The molecule has 0 aliphatic carbocycles. The predicted octanol–water partition coefficient (Wildman–Crippen LogP) is 2.52. The first kappa shape index (κ1) is 15.1. The number of carbonyl (C=O) groups excluding carboxylic acids is 1. The Hall–Kier alpha value is -2.30. The Morgan fingerprint density at radius 2 is 2.19 bits per heavy atom. The zero-order valence-corrected chi connectivity index (χ0v) is 12.2. The Kier molecular flexibility index (Phi) is 4.62. The van der Waals surface area contributed by atoms with Gasteiger partial charge in [0.05, 0.1) is 0 Å². The van der Waals surface area contributed by atoms with Gasteiger partial charge in [0.25, 0.3) is 0 Å². The summed E-state index contributed by atoms with van der Waals surface area (Å²) in [5, 5.41) is 9.41. The van der Waals surface area contributed by atoms with E-state index in [1.807, 2.05) is 25.1 Å². The molecule has 1 aromatic carbocycles. The topological polar surface area (TPSA) is 60.9 Å². The van der Waals surface area contributed by atoms with Crippen LogP contribution in [0.3, 0.4) is 0 Å². The Bertz CT molecular complexity index is 556. The molecule has 1 unspecified atom stereocenters. The normalized spacial score (nSPS) is 16.4. The van der Waals surface area contributed by atoms with E-state index in [1.165, 1.54) is 4.90 Å². The molecule has 0 aromatic heterocycles. The van der Waals surface area contributed by atoms with Crippen LogP contribution < -0.4 is 4.90 Å². The van der Waals surface area contributed by atoms with E-state index in [4.69, 9.17) is 0 Å². The Morgan fingerprint density at radius 3 is 2.81 bits per heavy atom. The summed E-state index contributed by atoms with van der Waals surface area (Å²) in [6.45, 7) is 6.64. The number of urea groups is 1. The van der Waals surface area contributed by atoms with E-state index in [9.17, 15) is 14.7 Å². The first-order valence-electron chi connectivity index (χ1n) is 7.09. The van der Waals surface area contributed by atoms with Crippen LogP contribution in [0.4, 0.5) is 10.5 Å². The van der Waals surface area contributed by atoms with Crippen molar-refractivity contribution < 1.29 is 14.7 Å². The van der Waals surface area contributed by atoms with Gasteiger partial charge in [-0.05, 0) is 18.1 Å². The molecular formula is C16H20N2O3. The number of aliphatic carboxylic acids is 1. The van der Waals surface area contributed by atoms with Gasteiger partial charge in [0.1, 0.15) is 6.04 Å². The lowest BCUT2D eigenvalue weighted by Gasteiger charge is -2.30. The van der Waals surface area contributed by atoms with Gasteiger partial charge in [-0.15, -0.1) is 6.58 Å². The smallest absolute Gasteiger partial charge is 0.327 e. The molecule has 5 nitrogen and oxygen atoms in total. The molecule has 5 heteroatoms. The van der Waals surface area contributed by atoms with Crippen molar-refractivity contribution >= 4 is 17.7 Å². The highest BCUT2D eigenvalue weighted by atomic mass is 16.4. The summed E-state index contributed by atoms with van der Waals surface area (Å²) in [6.07, 6.45) is 2.82. The number of amides is 2. The first-order chi connectivity index (χ1) is 10.1. The average Bonchev–Trinajstić information content (AvgIpc) is 2.86. The van der Waals surface area contributed by atoms with E-state index >= 15 is 0 Å². The third-order valence-corrected chi connectivity index (χ3v) is 3.58. The van der Waals surface area contributed by atoms with Crippen molar-refractivity contribution in [2.24, 2.45) is 0 Å². The molecule has 1 aromatic rings. The standard InChI is InChI=1S/C16H20N2O3/c1-3-9-17(10-4-2)16(21)18-13-8-6-5-7-12(13)11-14(18)15(19)20/h3,5-8,14H,1,4,9-11H2,2H3,(H,19,20). The maximum Gasteiger partial charge on any atom is 0.327 e. The van der Waals surface area contributed by atoms with Crippen LogP contribution in [0.25, 0.3) is 0 Å². The fourth-order valence-corrected chi connectivity index (χ4v) is 2.66. The zero-order chi connectivity index (χ0) is 15.4. The fraction of sp³-hybridized carbons (Fsp3) is 0.375. The molecular weight excluding hydrogens is 268 g/mol. The molecule has 0 saturated heterocycles. The number of anilines is 1. The van der Waals surface area contributed by atoms with Crippen LogP contribution >= 0.6 is 0 Å². The fourth-order valence-electron chi connectivity index (χ4n) is 2.66. The summed E-state index contributed by atoms with van der Waals surface area (Å²) in [5.74, 6) is -0.977. The maximum atomic E-state index is 12.7. The molecule has 1 N–H and O–H groups in total. The molecule has 0 fully saturated rings. The van der Waals surface area contributed by atoms with Crippen molar-refractivity contribution in [3.63, 3.8) is 0 Å². The molecule has 0 spiro atoms. The number of carboxylic acids is 1. The second-order valence-electron chi connectivity index (χ2n) is 5.07. The summed E-state index contributed by atoms with van der Waals surface area (Å²) >= 11 is 0. The molecule has 1 atom stereocenters. The van der Waals surface area contributed by atoms with E-state index in [1.54, 1.807) is 17.0 Å². The van der Waals surface area contributed by atoms with Gasteiger partial charge < -0.3 is 10.0 Å². The number of hydrogen-bond donors (Lipinski definition) is 1. The maximum absolute atomic E-state index is 12.7. The van der Waals surface area contributed by atoms with Crippen molar-refractivity contribution in [3.8, 4) is 0 Å². The van der Waals surface area contributed by atoms with Crippen LogP contribution in [-0.2, 0) is 11.2 Å². The van der Waals surface area contributed by atoms with Gasteiger partial charge in [-0.2, -0.15) is 0 Å². The van der Waals surface area contributed by atoms with Crippen LogP contribution in [0.5, 0.6) is 0 Å². The highest BCUT2D eigenvalue weighted by molar-refractivity contribution is 6.01. The summed E-state index contributed by atoms with van der Waals surface area (Å²) in [4.78, 5) is 27.3. The number of para-hydroxylation sites is 1. The highest BCUT2D eigenvalue weighted by Crippen LogP contribution is 2.33. The minimum absolute atomic E-state index is 0.269. The number of nitrogens with zero attached hydrogens (tertiary/aromatic N) is 2. The van der Waals surface area contributed by atoms with Gasteiger partial charge in [0.15, 0.2) is 0 Å². The van der Waals surface area contributed by atoms with Crippen LogP contribution in [0.1, 0.15) is 18.9 Å². The lowest BCUT2D eigenvalue weighted by molar-refractivity contribution is -0.138. The van der Waals surface area contributed by atoms with Gasteiger partial charge in [0.2, 0.25) is 0 Å². The quantitative estimate of drug-likeness (QED) is 0.847. The van der Waals surface area contributed by atoms with Crippen molar-refractivity contribution in [3.05, 3.63) is 42.5 Å². The minimum Gasteiger partial charge on any atom is -0.480 e. The van der Waals surface area contributed by atoms with E-state index in [0.29, 0.717) is 25.2 Å². The van der Waals surface area contributed by atoms with E-state index in [-0.39, 0.29) is 6.03 Å². The van der Waals surface area contributed by atoms with Gasteiger partial charge in [-0.1, -0.05) is 31.2 Å². The van der Waals surface area contributed by atoms with Crippen molar-refractivity contribution in [2.45, 2.75) is 25.8 Å². The van der Waals surface area contributed by atoms with Gasteiger partial charge in [0, 0.05) is 25.2 Å². The van der Waals surface area contributed by atoms with Crippen LogP contribution in [0.2, 0.25) is 0 Å². The Balaban J connectivity index is 2.35. The number of fused-ring (bicyclic) bond motifs is 1. The molecule has 2 rings (SSSR count). The highest BCUT2D eigenvalue weighted by Gasteiger charge is 2.39. The molecule has 1 aliphatic heterocycles. The lowest BCUT2D eigenvalue weighted by Crippen LogP contribution is -2.50. The van der Waals surface area contributed by atoms with Crippen molar-refractivity contribution in [1.82, 2.24) is 4.90 Å². The third-order valence-electron chi connectivity index (χ3n) is 3.58. The molecule has 1 aliphatic rings. The van der Waals surface area contributed by atoms with E-state index in [0.717, 1.165) is 12.0 Å². The molecule has 112 valence electrons. The van der Waals surface area contributed by atoms with Gasteiger partial charge >= 0.3 is 12.0 Å². The Morgan fingerprint density at radius 1 is 1.48 bits per heavy atom. The Labute approximate surface area is 124 Å². The van der Waals surface area contributed by atoms with E-state index < -0.39 is 12.0 Å². The number of carboxylic acid groups (broad SMARTS) is 1. The minimum atomic E-state index is -0.977. The average molecular weight is 288 g/mol. The molecule has 1 heterocycles. The van der Waals surface area contributed by atoms with Gasteiger partial charge in [-0.3, -0.25) is 4.90 Å². The number of carbonyl (C=O) groups is 2. The summed E-state index contributed by atoms with van der Waals surface area (Å²) < 4.78 is 0. The summed E-state index contributed by atoms with van der Waals surface area (Å²) in [5.41, 5.74) is 1.59. The summed E-state index contributed by atoms with van der Waals surface area (Å²) in [7, 11) is 0. The first-order valence-corrected chi connectivity index (χ1v) is 7.09.